The van der Waals surface area contributed by atoms with Crippen molar-refractivity contribution in [3.63, 3.8) is 0 Å². The van der Waals surface area contributed by atoms with Crippen LogP contribution in [0.4, 0.5) is 0 Å². The van der Waals surface area contributed by atoms with Gasteiger partial charge in [-0.05, 0) is 26.4 Å². The van der Waals surface area contributed by atoms with Crippen molar-refractivity contribution in [2.75, 3.05) is 26.7 Å². The fourth-order valence-electron chi connectivity index (χ4n) is 2.08. The molecule has 0 spiro atoms. The quantitative estimate of drug-likeness (QED) is 0.785. The van der Waals surface area contributed by atoms with Gasteiger partial charge in [-0.2, -0.15) is 0 Å². The van der Waals surface area contributed by atoms with Gasteiger partial charge in [-0.25, -0.2) is 4.98 Å². The van der Waals surface area contributed by atoms with E-state index in [4.69, 9.17) is 0 Å². The molecule has 1 unspecified atom stereocenters. The van der Waals surface area contributed by atoms with Crippen LogP contribution in [0.3, 0.4) is 0 Å². The Balaban J connectivity index is 1.74. The van der Waals surface area contributed by atoms with Gasteiger partial charge in [-0.1, -0.05) is 0 Å². The molecule has 0 amide bonds. The molecule has 0 aromatic carbocycles. The number of nitrogens with one attached hydrogen (secondary N) is 1. The van der Waals surface area contributed by atoms with Gasteiger partial charge < -0.3 is 14.8 Å². The van der Waals surface area contributed by atoms with Gasteiger partial charge in [-0.3, -0.25) is 0 Å². The zero-order valence-corrected chi connectivity index (χ0v) is 9.39. The first-order chi connectivity index (χ1) is 7.36. The SMILES string of the molecule is CN(CCn1ccnc1)C1CCCNC1. The predicted octanol–water partition coefficient (Wildman–Crippen LogP) is 0.567. The maximum Gasteiger partial charge on any atom is 0.0946 e. The summed E-state index contributed by atoms with van der Waals surface area (Å²) >= 11 is 0. The highest BCUT2D eigenvalue weighted by Crippen LogP contribution is 2.08. The molecule has 1 aliphatic heterocycles. The van der Waals surface area contributed by atoms with E-state index in [0.29, 0.717) is 6.04 Å². The molecule has 1 saturated heterocycles. The van der Waals surface area contributed by atoms with Crippen molar-refractivity contribution in [2.45, 2.75) is 25.4 Å². The number of likely N-dealkylation sites (N-methyl/N-ethyl adjacent to an activating group) is 1. The molecule has 84 valence electrons. The Morgan fingerprint density at radius 2 is 2.53 bits per heavy atom. The first-order valence-electron chi connectivity index (χ1n) is 5.73. The summed E-state index contributed by atoms with van der Waals surface area (Å²) < 4.78 is 2.13. The second-order valence-corrected chi connectivity index (χ2v) is 4.28. The van der Waals surface area contributed by atoms with Gasteiger partial charge in [0.15, 0.2) is 0 Å². The lowest BCUT2D eigenvalue weighted by Crippen LogP contribution is -2.45. The summed E-state index contributed by atoms with van der Waals surface area (Å²) in [5.41, 5.74) is 0. The molecule has 1 aromatic rings. The molecule has 1 N–H and O–H groups in total. The lowest BCUT2D eigenvalue weighted by molar-refractivity contribution is 0.197. The van der Waals surface area contributed by atoms with Crippen LogP contribution in [-0.4, -0.2) is 47.2 Å². The van der Waals surface area contributed by atoms with E-state index in [2.05, 4.69) is 26.8 Å². The topological polar surface area (TPSA) is 33.1 Å². The zero-order valence-electron chi connectivity index (χ0n) is 9.39. The minimum atomic E-state index is 0.710. The van der Waals surface area contributed by atoms with Crippen LogP contribution in [0.15, 0.2) is 18.7 Å². The van der Waals surface area contributed by atoms with Crippen molar-refractivity contribution in [3.05, 3.63) is 18.7 Å². The first-order valence-corrected chi connectivity index (χ1v) is 5.73. The molecule has 1 atom stereocenters. The van der Waals surface area contributed by atoms with Gasteiger partial charge in [0.2, 0.25) is 0 Å². The molecule has 4 heteroatoms. The minimum absolute atomic E-state index is 0.710. The Morgan fingerprint density at radius 3 is 3.20 bits per heavy atom. The summed E-state index contributed by atoms with van der Waals surface area (Å²) in [4.78, 5) is 6.50. The summed E-state index contributed by atoms with van der Waals surface area (Å²) in [5.74, 6) is 0. The van der Waals surface area contributed by atoms with E-state index in [0.717, 1.165) is 19.6 Å². The molecular formula is C11H20N4. The standard InChI is InChI=1S/C11H20N4/c1-14(11-3-2-4-12-9-11)7-8-15-6-5-13-10-15/h5-6,10-12H,2-4,7-9H2,1H3. The summed E-state index contributed by atoms with van der Waals surface area (Å²) in [6.07, 6.45) is 8.37. The average molecular weight is 208 g/mol. The highest BCUT2D eigenvalue weighted by Gasteiger charge is 2.16. The average Bonchev–Trinajstić information content (AvgIpc) is 2.80. The molecule has 1 aromatic heterocycles. The van der Waals surface area contributed by atoms with Gasteiger partial charge in [-0.15, -0.1) is 0 Å². The Morgan fingerprint density at radius 1 is 1.60 bits per heavy atom. The van der Waals surface area contributed by atoms with Crippen LogP contribution in [0.25, 0.3) is 0 Å². The molecular weight excluding hydrogens is 188 g/mol. The molecule has 2 heterocycles. The molecule has 0 bridgehead atoms. The molecule has 0 aliphatic carbocycles. The third-order valence-electron chi connectivity index (χ3n) is 3.16. The van der Waals surface area contributed by atoms with Gasteiger partial charge in [0, 0.05) is 38.1 Å². The van der Waals surface area contributed by atoms with Crippen molar-refractivity contribution < 1.29 is 0 Å². The van der Waals surface area contributed by atoms with E-state index >= 15 is 0 Å². The number of imidazole rings is 1. The van der Waals surface area contributed by atoms with E-state index in [1.807, 2.05) is 18.7 Å². The zero-order chi connectivity index (χ0) is 10.5. The lowest BCUT2D eigenvalue weighted by atomic mass is 10.1. The monoisotopic (exact) mass is 208 g/mol. The summed E-state index contributed by atoms with van der Waals surface area (Å²) in [5, 5.41) is 3.45. The Bertz CT molecular complexity index is 264. The fraction of sp³-hybridized carbons (Fsp3) is 0.727. The molecule has 1 fully saturated rings. The highest BCUT2D eigenvalue weighted by molar-refractivity contribution is 4.78. The van der Waals surface area contributed by atoms with Crippen molar-refractivity contribution in [1.29, 1.82) is 0 Å². The fourth-order valence-corrected chi connectivity index (χ4v) is 2.08. The number of nitrogens with zero attached hydrogens (tertiary/aromatic N) is 3. The Hall–Kier alpha value is -0.870. The largest absolute Gasteiger partial charge is 0.336 e. The number of piperidine rings is 1. The van der Waals surface area contributed by atoms with Gasteiger partial charge in [0.25, 0.3) is 0 Å². The lowest BCUT2D eigenvalue weighted by Gasteiger charge is -2.31. The molecule has 0 radical (unpaired) electrons. The smallest absolute Gasteiger partial charge is 0.0946 e. The predicted molar refractivity (Wildman–Crippen MR) is 60.7 cm³/mol. The Kier molecular flexibility index (Phi) is 3.75. The molecule has 15 heavy (non-hydrogen) atoms. The minimum Gasteiger partial charge on any atom is -0.336 e. The van der Waals surface area contributed by atoms with Crippen molar-refractivity contribution in [3.8, 4) is 0 Å². The maximum absolute atomic E-state index is 4.04. The van der Waals surface area contributed by atoms with Gasteiger partial charge >= 0.3 is 0 Å². The van der Waals surface area contributed by atoms with E-state index < -0.39 is 0 Å². The van der Waals surface area contributed by atoms with Gasteiger partial charge in [0.1, 0.15) is 0 Å². The number of hydrogen-bond donors (Lipinski definition) is 1. The van der Waals surface area contributed by atoms with E-state index in [1.165, 1.54) is 19.4 Å². The molecule has 0 saturated carbocycles. The maximum atomic E-state index is 4.04. The van der Waals surface area contributed by atoms with Crippen molar-refractivity contribution in [2.24, 2.45) is 0 Å². The molecule has 4 nitrogen and oxygen atoms in total. The van der Waals surface area contributed by atoms with E-state index in [-0.39, 0.29) is 0 Å². The molecule has 2 rings (SSSR count). The number of rotatable bonds is 4. The van der Waals surface area contributed by atoms with E-state index in [9.17, 15) is 0 Å². The second kappa shape index (κ2) is 5.28. The normalized spacial score (nSPS) is 22.1. The number of hydrogen-bond acceptors (Lipinski definition) is 3. The first kappa shape index (κ1) is 10.6. The second-order valence-electron chi connectivity index (χ2n) is 4.28. The number of aromatic nitrogens is 2. The summed E-state index contributed by atoms with van der Waals surface area (Å²) in [6, 6.07) is 0.710. The summed E-state index contributed by atoms with van der Waals surface area (Å²) in [6.45, 7) is 4.46. The third-order valence-corrected chi connectivity index (χ3v) is 3.16. The van der Waals surface area contributed by atoms with Crippen LogP contribution in [-0.2, 0) is 6.54 Å². The molecule has 1 aliphatic rings. The highest BCUT2D eigenvalue weighted by atomic mass is 15.2. The van der Waals surface area contributed by atoms with Crippen LogP contribution < -0.4 is 5.32 Å². The van der Waals surface area contributed by atoms with Crippen LogP contribution in [0.2, 0.25) is 0 Å². The van der Waals surface area contributed by atoms with Crippen LogP contribution >= 0.6 is 0 Å². The summed E-state index contributed by atoms with van der Waals surface area (Å²) in [7, 11) is 2.22. The van der Waals surface area contributed by atoms with Crippen LogP contribution in [0, 0.1) is 0 Å². The van der Waals surface area contributed by atoms with Crippen LogP contribution in [0.5, 0.6) is 0 Å². The van der Waals surface area contributed by atoms with Crippen molar-refractivity contribution >= 4 is 0 Å². The van der Waals surface area contributed by atoms with E-state index in [1.54, 1.807) is 0 Å². The Labute approximate surface area is 91.3 Å². The van der Waals surface area contributed by atoms with Crippen LogP contribution in [0.1, 0.15) is 12.8 Å². The third kappa shape index (κ3) is 3.04. The van der Waals surface area contributed by atoms with Gasteiger partial charge in [0.05, 0.1) is 6.33 Å². The van der Waals surface area contributed by atoms with Crippen molar-refractivity contribution in [1.82, 2.24) is 19.8 Å².